The van der Waals surface area contributed by atoms with E-state index in [0.29, 0.717) is 50.8 Å². The fraction of sp³-hybridized carbons (Fsp3) is 0.500. The average Bonchev–Trinajstić information content (AvgIpc) is 3.78. The highest BCUT2D eigenvalue weighted by Gasteiger charge is 2.65. The lowest BCUT2D eigenvalue weighted by Crippen LogP contribution is -2.55. The molecule has 3 aliphatic heterocycles. The quantitative estimate of drug-likeness (QED) is 0.182. The minimum absolute atomic E-state index is 0.0269. The summed E-state index contributed by atoms with van der Waals surface area (Å²) in [5, 5.41) is 12.5. The van der Waals surface area contributed by atoms with Gasteiger partial charge in [-0.15, -0.1) is 11.8 Å². The molecule has 0 radical (unpaired) electrons. The highest BCUT2D eigenvalue weighted by molar-refractivity contribution is 8.08. The van der Waals surface area contributed by atoms with Crippen molar-refractivity contribution in [2.45, 2.75) is 61.2 Å². The summed E-state index contributed by atoms with van der Waals surface area (Å²) in [5.41, 5.74) is 2.94. The van der Waals surface area contributed by atoms with Crippen molar-refractivity contribution in [2.24, 2.45) is 5.92 Å². The molecule has 2 aromatic carbocycles. The van der Waals surface area contributed by atoms with Crippen LogP contribution in [0.15, 0.2) is 49.1 Å². The van der Waals surface area contributed by atoms with Crippen LogP contribution < -0.4 is 14.5 Å². The van der Waals surface area contributed by atoms with Crippen molar-refractivity contribution in [3.8, 4) is 12.1 Å². The Morgan fingerprint density at radius 3 is 2.71 bits per heavy atom. The van der Waals surface area contributed by atoms with Crippen LogP contribution in [0.4, 0.5) is 20.3 Å². The Labute approximate surface area is 294 Å². The highest BCUT2D eigenvalue weighted by atomic mass is 35.5. The summed E-state index contributed by atoms with van der Waals surface area (Å²) in [6.45, 7) is 9.39. The number of benzene rings is 2. The highest BCUT2D eigenvalue weighted by Crippen LogP contribution is 2.66. The third-order valence-electron chi connectivity index (χ3n) is 10.5. The molecule has 1 unspecified atom stereocenters. The molecule has 0 spiro atoms. The number of hydrogen-bond donors (Lipinski definition) is 0. The maximum atomic E-state index is 13.6. The van der Waals surface area contributed by atoms with Gasteiger partial charge in [0.2, 0.25) is 11.8 Å². The van der Waals surface area contributed by atoms with E-state index in [0.717, 1.165) is 40.1 Å². The SMILES string of the molecule is C=CC(=O)N1CCN(c2nc(OCCN(C)C3S[C@@]3(C)C3CC(F)(F)C3)nc3c2CCN(c2cccc4cccc(Cl)c24)C3)C[C@@H]1CC#N. The number of fused-ring (bicyclic) bond motifs is 2. The van der Waals surface area contributed by atoms with Crippen LogP contribution in [0.25, 0.3) is 10.8 Å². The zero-order valence-electron chi connectivity index (χ0n) is 27.7. The molecule has 258 valence electrons. The van der Waals surface area contributed by atoms with E-state index in [1.165, 1.54) is 6.08 Å². The Hall–Kier alpha value is -3.66. The van der Waals surface area contributed by atoms with Gasteiger partial charge in [0, 0.05) is 66.9 Å². The number of nitrogens with zero attached hydrogens (tertiary/aromatic N) is 7. The van der Waals surface area contributed by atoms with E-state index in [-0.39, 0.29) is 53.3 Å². The lowest BCUT2D eigenvalue weighted by atomic mass is 9.73. The first-order valence-electron chi connectivity index (χ1n) is 16.8. The summed E-state index contributed by atoms with van der Waals surface area (Å²) in [4.78, 5) is 30.8. The molecule has 4 heterocycles. The number of likely N-dealkylation sites (N-methyl/N-ethyl adjacent to an activating group) is 1. The summed E-state index contributed by atoms with van der Waals surface area (Å²) < 4.78 is 33.3. The first-order valence-corrected chi connectivity index (χ1v) is 18.0. The molecule has 9 nitrogen and oxygen atoms in total. The van der Waals surface area contributed by atoms with E-state index in [4.69, 9.17) is 26.3 Å². The summed E-state index contributed by atoms with van der Waals surface area (Å²) in [5.74, 6) is -1.91. The smallest absolute Gasteiger partial charge is 0.318 e. The maximum absolute atomic E-state index is 13.6. The van der Waals surface area contributed by atoms with Crippen LogP contribution in [-0.4, -0.2) is 94.1 Å². The van der Waals surface area contributed by atoms with Gasteiger partial charge in [-0.3, -0.25) is 9.69 Å². The van der Waals surface area contributed by atoms with Gasteiger partial charge in [0.05, 0.1) is 41.2 Å². The largest absolute Gasteiger partial charge is 0.462 e. The number of nitriles is 1. The van der Waals surface area contributed by atoms with Gasteiger partial charge in [-0.25, -0.2) is 8.78 Å². The van der Waals surface area contributed by atoms with Crippen LogP contribution in [0.2, 0.25) is 5.02 Å². The fourth-order valence-corrected chi connectivity index (χ4v) is 9.40. The van der Waals surface area contributed by atoms with E-state index in [1.807, 2.05) is 25.2 Å². The fourth-order valence-electron chi connectivity index (χ4n) is 7.69. The van der Waals surface area contributed by atoms with Gasteiger partial charge >= 0.3 is 6.01 Å². The molecule has 13 heteroatoms. The Morgan fingerprint density at radius 2 is 1.98 bits per heavy atom. The number of rotatable bonds is 10. The minimum atomic E-state index is -2.53. The molecule has 0 bridgehead atoms. The van der Waals surface area contributed by atoms with E-state index < -0.39 is 5.92 Å². The van der Waals surface area contributed by atoms with Crippen molar-refractivity contribution in [3.63, 3.8) is 0 Å². The van der Waals surface area contributed by atoms with Crippen LogP contribution in [0.3, 0.4) is 0 Å². The summed E-state index contributed by atoms with van der Waals surface area (Å²) in [7, 11) is 2.01. The number of aromatic nitrogens is 2. The molecule has 3 atom stereocenters. The van der Waals surface area contributed by atoms with Gasteiger partial charge in [0.15, 0.2) is 0 Å². The number of carbonyl (C=O) groups excluding carboxylic acids is 1. The number of alkyl halides is 2. The molecule has 3 aromatic rings. The number of amides is 1. The number of carbonyl (C=O) groups is 1. The van der Waals surface area contributed by atoms with Crippen LogP contribution in [-0.2, 0) is 17.8 Å². The third kappa shape index (κ3) is 6.53. The van der Waals surface area contributed by atoms with E-state index >= 15 is 0 Å². The van der Waals surface area contributed by atoms with E-state index in [2.05, 4.69) is 52.5 Å². The molecule has 1 saturated carbocycles. The number of ether oxygens (including phenoxy) is 1. The number of halogens is 3. The Kier molecular flexibility index (Phi) is 9.13. The van der Waals surface area contributed by atoms with Gasteiger partial charge in [0.25, 0.3) is 0 Å². The average molecular weight is 708 g/mol. The molecule has 0 N–H and O–H groups in total. The monoisotopic (exact) mass is 707 g/mol. The lowest BCUT2D eigenvalue weighted by molar-refractivity contribution is -0.128. The third-order valence-corrected chi connectivity index (χ3v) is 12.7. The molecule has 3 fully saturated rings. The zero-order chi connectivity index (χ0) is 34.5. The van der Waals surface area contributed by atoms with E-state index in [9.17, 15) is 18.8 Å². The first kappa shape index (κ1) is 33.8. The molecular weight excluding hydrogens is 668 g/mol. The normalized spacial score (nSPS) is 24.7. The summed E-state index contributed by atoms with van der Waals surface area (Å²) in [6, 6.07) is 14.3. The number of thioether (sulfide) groups is 1. The van der Waals surface area contributed by atoms with Crippen LogP contribution >= 0.6 is 23.4 Å². The molecular formula is C36H40ClF2N7O2S. The van der Waals surface area contributed by atoms with Gasteiger partial charge in [-0.05, 0) is 49.9 Å². The van der Waals surface area contributed by atoms with Crippen molar-refractivity contribution in [2.75, 3.05) is 56.2 Å². The number of hydrogen-bond acceptors (Lipinski definition) is 9. The van der Waals surface area contributed by atoms with Crippen molar-refractivity contribution < 1.29 is 18.3 Å². The first-order chi connectivity index (χ1) is 23.5. The van der Waals surface area contributed by atoms with Crippen molar-refractivity contribution in [1.82, 2.24) is 19.8 Å². The summed E-state index contributed by atoms with van der Waals surface area (Å²) in [6.07, 6.45) is 2.13. The standard InChI is InChI=1S/C36H40ClF2N7O2S/c1-4-30(47)46-16-15-45(21-25(46)11-13-40)32-26-12-14-44(29-10-6-8-23-7-5-9-27(37)31(23)29)22-28(26)41-34(42-32)48-18-17-43(3)33-35(2,49-33)24-19-36(38,39)20-24/h4-10,24-25,33H,1,11-12,14-22H2,2-3H3/t25-,33?,35-/m0/s1. The molecule has 7 rings (SSSR count). The second kappa shape index (κ2) is 13.2. The van der Waals surface area contributed by atoms with Crippen LogP contribution in [0, 0.1) is 17.2 Å². The lowest BCUT2D eigenvalue weighted by Gasteiger charge is -2.42. The molecule has 1 aromatic heterocycles. The van der Waals surface area contributed by atoms with Gasteiger partial charge in [0.1, 0.15) is 12.4 Å². The topological polar surface area (TPSA) is 88.8 Å². The van der Waals surface area contributed by atoms with E-state index in [1.54, 1.807) is 16.7 Å². The second-order valence-electron chi connectivity index (χ2n) is 13.7. The molecule has 2 saturated heterocycles. The molecule has 49 heavy (non-hydrogen) atoms. The second-order valence-corrected chi connectivity index (χ2v) is 15.7. The van der Waals surface area contributed by atoms with Gasteiger partial charge in [-0.1, -0.05) is 42.4 Å². The van der Waals surface area contributed by atoms with Gasteiger partial charge in [-0.2, -0.15) is 15.2 Å². The predicted molar refractivity (Wildman–Crippen MR) is 189 cm³/mol. The Bertz CT molecular complexity index is 1810. The molecule has 4 aliphatic rings. The Balaban J connectivity index is 1.13. The number of piperazine rings is 1. The molecule has 1 aliphatic carbocycles. The van der Waals surface area contributed by atoms with Crippen molar-refractivity contribution >= 4 is 51.5 Å². The van der Waals surface area contributed by atoms with Crippen molar-refractivity contribution in [1.29, 1.82) is 5.26 Å². The zero-order valence-corrected chi connectivity index (χ0v) is 29.3. The minimum Gasteiger partial charge on any atom is -0.462 e. The Morgan fingerprint density at radius 1 is 1.20 bits per heavy atom. The predicted octanol–water partition coefficient (Wildman–Crippen LogP) is 6.15. The van der Waals surface area contributed by atoms with Gasteiger partial charge < -0.3 is 19.4 Å². The number of anilines is 2. The van der Waals surface area contributed by atoms with Crippen LogP contribution in [0.1, 0.15) is 37.4 Å². The summed E-state index contributed by atoms with van der Waals surface area (Å²) >= 11 is 8.46. The molecule has 1 amide bonds. The van der Waals surface area contributed by atoms with Crippen LogP contribution in [0.5, 0.6) is 6.01 Å². The van der Waals surface area contributed by atoms with Crippen molar-refractivity contribution in [3.05, 3.63) is 65.3 Å². The maximum Gasteiger partial charge on any atom is 0.318 e.